The van der Waals surface area contributed by atoms with Gasteiger partial charge >= 0.3 is 0 Å². The van der Waals surface area contributed by atoms with E-state index in [0.29, 0.717) is 0 Å². The maximum absolute atomic E-state index is 6.55. The Balaban J connectivity index is 1.14. The fraction of sp³-hybridized carbons (Fsp3) is 0.0847. The molecule has 0 radical (unpaired) electrons. The quantitative estimate of drug-likeness (QED) is 0.178. The number of hydrogen-bond acceptors (Lipinski definition) is 2. The fourth-order valence-electron chi connectivity index (χ4n) is 11.7. The minimum absolute atomic E-state index is 0.0387. The lowest BCUT2D eigenvalue weighted by atomic mass is 9.70. The summed E-state index contributed by atoms with van der Waals surface area (Å²) >= 11 is 0. The van der Waals surface area contributed by atoms with E-state index in [9.17, 15) is 0 Å². The molecule has 0 N–H and O–H groups in total. The van der Waals surface area contributed by atoms with E-state index in [4.69, 9.17) is 4.42 Å². The molecule has 3 aromatic heterocycles. The van der Waals surface area contributed by atoms with Crippen molar-refractivity contribution in [3.8, 4) is 22.3 Å². The van der Waals surface area contributed by atoms with E-state index in [2.05, 4.69) is 218 Å². The van der Waals surface area contributed by atoms with Crippen LogP contribution in [0.2, 0.25) is 0 Å². The molecule has 1 spiro atoms. The van der Waals surface area contributed by atoms with E-state index in [0.717, 1.165) is 39.0 Å². The monoisotopic (exact) mass is 792 g/mol. The molecular formula is C59H40N2O. The Kier molecular flexibility index (Phi) is 6.50. The van der Waals surface area contributed by atoms with Crippen molar-refractivity contribution in [1.82, 2.24) is 4.40 Å². The Labute approximate surface area is 359 Å². The standard InChI is InChI=1S/C59H40N2O/c1-58(2,3)35-15-12-16-36(33-35)60(51-26-14-28-53-55(51)45-20-7-11-27-52(45)62-53)37-29-30-44-49(34-37)59(46-23-8-4-17-38(46)39-18-5-9-24-47(39)59)48-32-31-43-42-22-13-21-41-40-19-6-10-25-50(40)61(56(41)42)57(43)54(44)48/h4-34H,1-3H3. The zero-order valence-corrected chi connectivity index (χ0v) is 34.7. The summed E-state index contributed by atoms with van der Waals surface area (Å²) in [6.45, 7) is 6.89. The van der Waals surface area contributed by atoms with Crippen LogP contribution < -0.4 is 4.90 Å². The van der Waals surface area contributed by atoms with E-state index in [1.54, 1.807) is 0 Å². The van der Waals surface area contributed by atoms with Gasteiger partial charge in [0, 0.05) is 43.9 Å². The minimum atomic E-state index is -0.549. The summed E-state index contributed by atoms with van der Waals surface area (Å²) < 4.78 is 9.13. The molecule has 0 saturated carbocycles. The molecule has 0 unspecified atom stereocenters. The van der Waals surface area contributed by atoms with Crippen molar-refractivity contribution in [3.05, 3.63) is 216 Å². The highest BCUT2D eigenvalue weighted by atomic mass is 16.3. The Morgan fingerprint density at radius 1 is 0.452 bits per heavy atom. The number of anilines is 3. The second-order valence-electron chi connectivity index (χ2n) is 18.4. The summed E-state index contributed by atoms with van der Waals surface area (Å²) in [5.74, 6) is 0. The molecule has 0 bridgehead atoms. The number of benzene rings is 9. The van der Waals surface area contributed by atoms with E-state index >= 15 is 0 Å². The lowest BCUT2D eigenvalue weighted by molar-refractivity contribution is 0.590. The number of aromatic nitrogens is 1. The van der Waals surface area contributed by atoms with Crippen LogP contribution in [-0.4, -0.2) is 4.40 Å². The molecule has 12 aromatic rings. The molecule has 3 heterocycles. The van der Waals surface area contributed by atoms with E-state index in [1.165, 1.54) is 88.2 Å². The van der Waals surface area contributed by atoms with Gasteiger partial charge in [0.25, 0.3) is 0 Å². The van der Waals surface area contributed by atoms with E-state index < -0.39 is 5.41 Å². The van der Waals surface area contributed by atoms with Crippen LogP contribution in [0.1, 0.15) is 48.6 Å². The van der Waals surface area contributed by atoms with Crippen LogP contribution in [-0.2, 0) is 10.8 Å². The lowest BCUT2D eigenvalue weighted by Crippen LogP contribution is -2.26. The van der Waals surface area contributed by atoms with Crippen molar-refractivity contribution in [2.45, 2.75) is 31.6 Å². The second-order valence-corrected chi connectivity index (χ2v) is 18.4. The first kappa shape index (κ1) is 34.1. The minimum Gasteiger partial charge on any atom is -0.456 e. The molecule has 0 amide bonds. The number of furan rings is 1. The molecule has 0 atom stereocenters. The average Bonchev–Trinajstić information content (AvgIpc) is 4.09. The predicted octanol–water partition coefficient (Wildman–Crippen LogP) is 15.8. The lowest BCUT2D eigenvalue weighted by Gasteiger charge is -2.32. The van der Waals surface area contributed by atoms with Crippen molar-refractivity contribution in [2.24, 2.45) is 0 Å². The Morgan fingerprint density at radius 3 is 1.89 bits per heavy atom. The highest BCUT2D eigenvalue weighted by Gasteiger charge is 2.52. The van der Waals surface area contributed by atoms with Gasteiger partial charge in [-0.3, -0.25) is 0 Å². The van der Waals surface area contributed by atoms with Gasteiger partial charge < -0.3 is 13.7 Å². The normalized spacial score (nSPS) is 13.9. The summed E-state index contributed by atoms with van der Waals surface area (Å²) in [7, 11) is 0. The molecule has 2 aliphatic carbocycles. The number of fused-ring (bicyclic) bond motifs is 20. The van der Waals surface area contributed by atoms with Crippen LogP contribution in [0.25, 0.3) is 82.3 Å². The van der Waals surface area contributed by atoms with Crippen LogP contribution in [0.5, 0.6) is 0 Å². The summed E-state index contributed by atoms with van der Waals surface area (Å²) in [5, 5.41) is 7.41. The molecular weight excluding hydrogens is 753 g/mol. The molecule has 62 heavy (non-hydrogen) atoms. The van der Waals surface area contributed by atoms with Crippen molar-refractivity contribution >= 4 is 77.1 Å². The molecule has 0 saturated heterocycles. The van der Waals surface area contributed by atoms with E-state index in [1.807, 2.05) is 0 Å². The molecule has 3 nitrogen and oxygen atoms in total. The van der Waals surface area contributed by atoms with Crippen molar-refractivity contribution < 1.29 is 4.42 Å². The summed E-state index contributed by atoms with van der Waals surface area (Å²) in [5.41, 5.74) is 20.1. The van der Waals surface area contributed by atoms with Crippen molar-refractivity contribution in [3.63, 3.8) is 0 Å². The van der Waals surface area contributed by atoms with Gasteiger partial charge in [-0.05, 0) is 98.5 Å². The summed E-state index contributed by atoms with van der Waals surface area (Å²) in [6.07, 6.45) is 0. The first-order valence-electron chi connectivity index (χ1n) is 21.8. The molecule has 292 valence electrons. The highest BCUT2D eigenvalue weighted by molar-refractivity contribution is 6.26. The maximum atomic E-state index is 6.55. The van der Waals surface area contributed by atoms with Gasteiger partial charge in [0.05, 0.1) is 33.0 Å². The van der Waals surface area contributed by atoms with Gasteiger partial charge in [-0.15, -0.1) is 0 Å². The first-order valence-corrected chi connectivity index (χ1v) is 21.8. The van der Waals surface area contributed by atoms with Crippen LogP contribution in [0, 0.1) is 0 Å². The fourth-order valence-corrected chi connectivity index (χ4v) is 11.7. The van der Waals surface area contributed by atoms with Gasteiger partial charge in [-0.1, -0.05) is 160 Å². The molecule has 3 heteroatoms. The maximum Gasteiger partial charge on any atom is 0.137 e. The van der Waals surface area contributed by atoms with Gasteiger partial charge in [-0.25, -0.2) is 0 Å². The summed E-state index contributed by atoms with van der Waals surface area (Å²) in [6, 6.07) is 70.3. The molecule has 0 fully saturated rings. The van der Waals surface area contributed by atoms with Crippen LogP contribution in [0.3, 0.4) is 0 Å². The smallest absolute Gasteiger partial charge is 0.137 e. The second kappa shape index (κ2) is 11.8. The number of para-hydroxylation sites is 3. The number of nitrogens with zero attached hydrogens (tertiary/aromatic N) is 2. The van der Waals surface area contributed by atoms with Crippen LogP contribution in [0.15, 0.2) is 192 Å². The predicted molar refractivity (Wildman–Crippen MR) is 258 cm³/mol. The van der Waals surface area contributed by atoms with Crippen LogP contribution in [0.4, 0.5) is 17.1 Å². The van der Waals surface area contributed by atoms with Gasteiger partial charge in [-0.2, -0.15) is 0 Å². The zero-order chi connectivity index (χ0) is 41.1. The molecule has 0 aliphatic heterocycles. The van der Waals surface area contributed by atoms with Gasteiger partial charge in [0.15, 0.2) is 0 Å². The Morgan fingerprint density at radius 2 is 1.08 bits per heavy atom. The topological polar surface area (TPSA) is 20.8 Å². The Bertz CT molecular complexity index is 3830. The first-order chi connectivity index (χ1) is 30.4. The van der Waals surface area contributed by atoms with Gasteiger partial charge in [0.1, 0.15) is 11.2 Å². The molecule has 9 aromatic carbocycles. The average molecular weight is 793 g/mol. The third-order valence-electron chi connectivity index (χ3n) is 14.3. The number of rotatable bonds is 3. The highest BCUT2D eigenvalue weighted by Crippen LogP contribution is 2.65. The largest absolute Gasteiger partial charge is 0.456 e. The van der Waals surface area contributed by atoms with Crippen molar-refractivity contribution in [1.29, 1.82) is 0 Å². The zero-order valence-electron chi connectivity index (χ0n) is 34.7. The third-order valence-corrected chi connectivity index (χ3v) is 14.3. The van der Waals surface area contributed by atoms with Gasteiger partial charge in [0.2, 0.25) is 0 Å². The third kappa shape index (κ3) is 4.16. The van der Waals surface area contributed by atoms with Crippen molar-refractivity contribution in [2.75, 3.05) is 4.90 Å². The SMILES string of the molecule is CC(C)(C)c1cccc(N(c2ccc3c(c2)C2(c4ccccc4-c4ccccc42)c2ccc4c5cccc6c7ccccc7n(c4c2-3)c65)c2cccc3oc4ccccc4c23)c1. The number of hydrogen-bond donors (Lipinski definition) is 0. The van der Waals surface area contributed by atoms with E-state index in [-0.39, 0.29) is 5.41 Å². The summed E-state index contributed by atoms with van der Waals surface area (Å²) in [4.78, 5) is 2.48. The van der Waals surface area contributed by atoms with Crippen LogP contribution >= 0.6 is 0 Å². The molecule has 2 aliphatic rings. The Hall–Kier alpha value is -7.62. The molecule has 14 rings (SSSR count).